The first-order chi connectivity index (χ1) is 8.83. The minimum absolute atomic E-state index is 0.302. The molecule has 0 aromatic heterocycles. The predicted molar refractivity (Wildman–Crippen MR) is 88.9 cm³/mol. The van der Waals surface area contributed by atoms with Crippen LogP contribution in [0.2, 0.25) is 0 Å². The van der Waals surface area contributed by atoms with Gasteiger partial charge in [-0.2, -0.15) is 0 Å². The van der Waals surface area contributed by atoms with Gasteiger partial charge in [0.25, 0.3) is 0 Å². The van der Waals surface area contributed by atoms with Crippen molar-refractivity contribution in [3.8, 4) is 0 Å². The first-order valence-corrected chi connectivity index (χ1v) is 7.83. The molecule has 0 fully saturated rings. The molecule has 0 radical (unpaired) electrons. The molecule has 3 heteroatoms. The topological polar surface area (TPSA) is 15.3 Å². The number of halogens is 1. The molecule has 0 heterocycles. The Morgan fingerprint density at radius 2 is 1.95 bits per heavy atom. The van der Waals surface area contributed by atoms with Crippen LogP contribution in [0.5, 0.6) is 0 Å². The van der Waals surface area contributed by atoms with E-state index in [1.807, 2.05) is 0 Å². The smallest absolute Gasteiger partial charge is 0.0410 e. The van der Waals surface area contributed by atoms with E-state index < -0.39 is 0 Å². The van der Waals surface area contributed by atoms with Crippen molar-refractivity contribution in [1.29, 1.82) is 0 Å². The van der Waals surface area contributed by atoms with Crippen LogP contribution in [0.1, 0.15) is 39.7 Å². The molecule has 1 aromatic carbocycles. The van der Waals surface area contributed by atoms with E-state index in [0.717, 1.165) is 24.1 Å². The standard InChI is InChI=1S/C16H27BrN2/c1-6-9-18-11-13-10-14(17)7-8-15(13)19(5)12-16(2,3)4/h7-8,10,18H,6,9,11-12H2,1-5H3. The summed E-state index contributed by atoms with van der Waals surface area (Å²) in [5, 5.41) is 3.49. The number of nitrogens with one attached hydrogen (secondary N) is 1. The summed E-state index contributed by atoms with van der Waals surface area (Å²) in [6.45, 7) is 12.1. The molecular weight excluding hydrogens is 300 g/mol. The molecular formula is C16H27BrN2. The zero-order valence-electron chi connectivity index (χ0n) is 12.9. The molecule has 19 heavy (non-hydrogen) atoms. The van der Waals surface area contributed by atoms with Crippen molar-refractivity contribution in [2.24, 2.45) is 5.41 Å². The monoisotopic (exact) mass is 326 g/mol. The SMILES string of the molecule is CCCNCc1cc(Br)ccc1N(C)CC(C)(C)C. The highest BCUT2D eigenvalue weighted by atomic mass is 79.9. The van der Waals surface area contributed by atoms with Crippen LogP contribution in [0.3, 0.4) is 0 Å². The number of nitrogens with zero attached hydrogens (tertiary/aromatic N) is 1. The van der Waals surface area contributed by atoms with Gasteiger partial charge in [0, 0.05) is 30.3 Å². The Hall–Kier alpha value is -0.540. The summed E-state index contributed by atoms with van der Waals surface area (Å²) in [6.07, 6.45) is 1.17. The van der Waals surface area contributed by atoms with Crippen LogP contribution in [0, 0.1) is 5.41 Å². The third-order valence-electron chi connectivity index (χ3n) is 2.91. The Balaban J connectivity index is 2.86. The van der Waals surface area contributed by atoms with E-state index in [1.165, 1.54) is 17.7 Å². The van der Waals surface area contributed by atoms with Crippen LogP contribution < -0.4 is 10.2 Å². The molecule has 0 atom stereocenters. The van der Waals surface area contributed by atoms with Gasteiger partial charge < -0.3 is 10.2 Å². The lowest BCUT2D eigenvalue weighted by Gasteiger charge is -2.30. The molecule has 0 saturated carbocycles. The zero-order chi connectivity index (χ0) is 14.5. The van der Waals surface area contributed by atoms with Gasteiger partial charge in [-0.1, -0.05) is 43.6 Å². The maximum Gasteiger partial charge on any atom is 0.0410 e. The zero-order valence-corrected chi connectivity index (χ0v) is 14.5. The normalized spacial score (nSPS) is 11.7. The van der Waals surface area contributed by atoms with Gasteiger partial charge in [-0.25, -0.2) is 0 Å². The highest BCUT2D eigenvalue weighted by Crippen LogP contribution is 2.26. The van der Waals surface area contributed by atoms with Crippen LogP contribution in [-0.4, -0.2) is 20.1 Å². The van der Waals surface area contributed by atoms with Gasteiger partial charge in [0.15, 0.2) is 0 Å². The van der Waals surface area contributed by atoms with Crippen molar-refractivity contribution in [3.63, 3.8) is 0 Å². The quantitative estimate of drug-likeness (QED) is 0.778. The first-order valence-electron chi connectivity index (χ1n) is 7.04. The van der Waals surface area contributed by atoms with Crippen molar-refractivity contribution in [2.45, 2.75) is 40.7 Å². The van der Waals surface area contributed by atoms with Gasteiger partial charge >= 0.3 is 0 Å². The summed E-state index contributed by atoms with van der Waals surface area (Å²) >= 11 is 3.57. The van der Waals surface area contributed by atoms with Crippen molar-refractivity contribution in [2.75, 3.05) is 25.0 Å². The van der Waals surface area contributed by atoms with Gasteiger partial charge in [0.2, 0.25) is 0 Å². The minimum atomic E-state index is 0.302. The number of anilines is 1. The lowest BCUT2D eigenvalue weighted by atomic mass is 9.95. The second kappa shape index (κ2) is 7.30. The van der Waals surface area contributed by atoms with Crippen LogP contribution in [0.15, 0.2) is 22.7 Å². The third-order valence-corrected chi connectivity index (χ3v) is 3.40. The molecule has 2 nitrogen and oxygen atoms in total. The second-order valence-electron chi connectivity index (χ2n) is 6.37. The fourth-order valence-corrected chi connectivity index (χ4v) is 2.67. The summed E-state index contributed by atoms with van der Waals surface area (Å²) < 4.78 is 1.15. The lowest BCUT2D eigenvalue weighted by Crippen LogP contribution is -2.30. The highest BCUT2D eigenvalue weighted by molar-refractivity contribution is 9.10. The molecule has 108 valence electrons. The Morgan fingerprint density at radius 1 is 1.26 bits per heavy atom. The fourth-order valence-electron chi connectivity index (χ4n) is 2.26. The van der Waals surface area contributed by atoms with Crippen molar-refractivity contribution in [1.82, 2.24) is 5.32 Å². The summed E-state index contributed by atoms with van der Waals surface area (Å²) in [5.74, 6) is 0. The first kappa shape index (κ1) is 16.5. The van der Waals surface area contributed by atoms with Crippen molar-refractivity contribution >= 4 is 21.6 Å². The van der Waals surface area contributed by atoms with Gasteiger partial charge in [-0.15, -0.1) is 0 Å². The Kier molecular flexibility index (Phi) is 6.34. The molecule has 1 rings (SSSR count). The molecule has 1 N–H and O–H groups in total. The van der Waals surface area contributed by atoms with E-state index in [4.69, 9.17) is 0 Å². The van der Waals surface area contributed by atoms with Crippen molar-refractivity contribution < 1.29 is 0 Å². The maximum atomic E-state index is 3.57. The Morgan fingerprint density at radius 3 is 2.53 bits per heavy atom. The molecule has 0 bridgehead atoms. The van der Waals surface area contributed by atoms with Crippen molar-refractivity contribution in [3.05, 3.63) is 28.2 Å². The molecule has 0 aliphatic rings. The van der Waals surface area contributed by atoms with Crippen LogP contribution in [0.4, 0.5) is 5.69 Å². The van der Waals surface area contributed by atoms with E-state index >= 15 is 0 Å². The van der Waals surface area contributed by atoms with Crippen LogP contribution in [0.25, 0.3) is 0 Å². The van der Waals surface area contributed by atoms with Crippen LogP contribution in [-0.2, 0) is 6.54 Å². The molecule has 1 aromatic rings. The minimum Gasteiger partial charge on any atom is -0.374 e. The van der Waals surface area contributed by atoms with E-state index in [0.29, 0.717) is 5.41 Å². The maximum absolute atomic E-state index is 3.57. The predicted octanol–water partition coefficient (Wildman–Crippen LogP) is 4.43. The third kappa shape index (κ3) is 5.96. The Labute approximate surface area is 126 Å². The summed E-state index contributed by atoms with van der Waals surface area (Å²) in [4.78, 5) is 2.36. The average molecular weight is 327 g/mol. The number of benzene rings is 1. The molecule has 0 aliphatic carbocycles. The van der Waals surface area contributed by atoms with Crippen LogP contribution >= 0.6 is 15.9 Å². The number of hydrogen-bond acceptors (Lipinski definition) is 2. The lowest BCUT2D eigenvalue weighted by molar-refractivity contribution is 0.418. The number of rotatable bonds is 6. The van der Waals surface area contributed by atoms with E-state index in [1.54, 1.807) is 0 Å². The van der Waals surface area contributed by atoms with E-state index in [-0.39, 0.29) is 0 Å². The van der Waals surface area contributed by atoms with Gasteiger partial charge in [-0.3, -0.25) is 0 Å². The Bertz CT molecular complexity index is 396. The molecule has 0 saturated heterocycles. The fraction of sp³-hybridized carbons (Fsp3) is 0.625. The molecule has 0 aliphatic heterocycles. The van der Waals surface area contributed by atoms with Gasteiger partial charge in [0.1, 0.15) is 0 Å². The van der Waals surface area contributed by atoms with Gasteiger partial charge in [-0.05, 0) is 42.1 Å². The molecule has 0 spiro atoms. The summed E-state index contributed by atoms with van der Waals surface area (Å²) in [6, 6.07) is 6.55. The van der Waals surface area contributed by atoms with E-state index in [9.17, 15) is 0 Å². The molecule has 0 unspecified atom stereocenters. The largest absolute Gasteiger partial charge is 0.374 e. The highest BCUT2D eigenvalue weighted by Gasteiger charge is 2.16. The number of hydrogen-bond donors (Lipinski definition) is 1. The average Bonchev–Trinajstić information content (AvgIpc) is 2.27. The molecule has 0 amide bonds. The second-order valence-corrected chi connectivity index (χ2v) is 7.28. The van der Waals surface area contributed by atoms with Gasteiger partial charge in [0.05, 0.1) is 0 Å². The van der Waals surface area contributed by atoms with E-state index in [2.05, 4.69) is 79.1 Å². The summed E-state index contributed by atoms with van der Waals surface area (Å²) in [7, 11) is 2.18. The summed E-state index contributed by atoms with van der Waals surface area (Å²) in [5.41, 5.74) is 2.98.